The number of aromatic nitrogens is 1. The van der Waals surface area contributed by atoms with Gasteiger partial charge in [0.15, 0.2) is 0 Å². The molecular formula is C22H24F3N3O3. The van der Waals surface area contributed by atoms with Gasteiger partial charge in [0, 0.05) is 36.5 Å². The molecule has 1 saturated heterocycles. The number of carbonyl (C=O) groups excluding carboxylic acids is 1. The van der Waals surface area contributed by atoms with Crippen molar-refractivity contribution in [3.05, 3.63) is 47.8 Å². The molecule has 3 aliphatic rings. The minimum Gasteiger partial charge on any atom is -0.478 e. The quantitative estimate of drug-likeness (QED) is 0.720. The predicted molar refractivity (Wildman–Crippen MR) is 107 cm³/mol. The van der Waals surface area contributed by atoms with Crippen molar-refractivity contribution >= 4 is 17.7 Å². The first-order chi connectivity index (χ1) is 14.6. The zero-order valence-electron chi connectivity index (χ0n) is 17.0. The summed E-state index contributed by atoms with van der Waals surface area (Å²) in [5.74, 6) is -0.995. The Hall–Kier alpha value is -2.84. The van der Waals surface area contributed by atoms with Crippen LogP contribution in [0.4, 0.5) is 23.7 Å². The lowest BCUT2D eigenvalue weighted by Crippen LogP contribution is -2.38. The fraction of sp³-hybridized carbons (Fsp3) is 0.500. The minimum absolute atomic E-state index is 0.0932. The molecule has 0 bridgehead atoms. The van der Waals surface area contributed by atoms with Crippen LogP contribution >= 0.6 is 0 Å². The number of nitrogens with one attached hydrogen (secondary N) is 1. The molecule has 2 aliphatic carbocycles. The van der Waals surface area contributed by atoms with Crippen molar-refractivity contribution in [3.63, 3.8) is 0 Å². The molecule has 4 rings (SSSR count). The van der Waals surface area contributed by atoms with Crippen molar-refractivity contribution in [2.75, 3.05) is 18.4 Å². The van der Waals surface area contributed by atoms with E-state index in [1.54, 1.807) is 17.9 Å². The number of rotatable bonds is 3. The summed E-state index contributed by atoms with van der Waals surface area (Å²) >= 11 is 0. The summed E-state index contributed by atoms with van der Waals surface area (Å²) < 4.78 is 40.9. The van der Waals surface area contributed by atoms with Gasteiger partial charge in [-0.25, -0.2) is 9.59 Å². The van der Waals surface area contributed by atoms with Crippen molar-refractivity contribution in [1.29, 1.82) is 0 Å². The van der Waals surface area contributed by atoms with Crippen LogP contribution in [0.3, 0.4) is 0 Å². The normalized spacial score (nSPS) is 30.1. The Bertz CT molecular complexity index is 945. The second-order valence-electron chi connectivity index (χ2n) is 8.88. The molecule has 0 radical (unpaired) electrons. The average molecular weight is 435 g/mol. The van der Waals surface area contributed by atoms with Crippen molar-refractivity contribution < 1.29 is 27.9 Å². The van der Waals surface area contributed by atoms with Crippen LogP contribution in [0, 0.1) is 23.2 Å². The fourth-order valence-electron chi connectivity index (χ4n) is 5.44. The summed E-state index contributed by atoms with van der Waals surface area (Å²) in [6.07, 6.45) is 4.36. The first-order valence-electron chi connectivity index (χ1n) is 10.3. The molecular weight excluding hydrogens is 411 g/mol. The highest BCUT2D eigenvalue weighted by Crippen LogP contribution is 2.56. The third kappa shape index (κ3) is 3.93. The van der Waals surface area contributed by atoms with Crippen molar-refractivity contribution in [2.45, 2.75) is 32.4 Å². The van der Waals surface area contributed by atoms with Gasteiger partial charge in [0.1, 0.15) is 5.56 Å². The van der Waals surface area contributed by atoms with E-state index in [1.807, 2.05) is 0 Å². The van der Waals surface area contributed by atoms with Crippen LogP contribution in [0.1, 0.15) is 36.5 Å². The number of pyridine rings is 1. The molecule has 2 amide bonds. The zero-order valence-corrected chi connectivity index (χ0v) is 17.0. The van der Waals surface area contributed by atoms with Gasteiger partial charge in [-0.05, 0) is 43.1 Å². The van der Waals surface area contributed by atoms with Crippen LogP contribution in [0.2, 0.25) is 0 Å². The molecule has 1 aliphatic heterocycles. The second-order valence-corrected chi connectivity index (χ2v) is 8.88. The van der Waals surface area contributed by atoms with Crippen LogP contribution in [0.15, 0.2) is 42.3 Å². The maximum Gasteiger partial charge on any atom is 0.413 e. The number of alkyl halides is 3. The number of nitrogens with zero attached hydrogens (tertiary/aromatic N) is 2. The molecule has 1 aromatic rings. The van der Waals surface area contributed by atoms with E-state index in [0.717, 1.165) is 0 Å². The summed E-state index contributed by atoms with van der Waals surface area (Å²) in [5, 5.41) is 11.9. The highest BCUT2D eigenvalue weighted by Gasteiger charge is 2.54. The number of urea groups is 1. The predicted octanol–water partition coefficient (Wildman–Crippen LogP) is 4.72. The largest absolute Gasteiger partial charge is 0.478 e. The minimum atomic E-state index is -4.35. The van der Waals surface area contributed by atoms with Crippen molar-refractivity contribution in [1.82, 2.24) is 9.88 Å². The molecule has 2 fully saturated rings. The third-order valence-electron chi connectivity index (χ3n) is 7.09. The number of allylic oxidation sites excluding steroid dienone is 4. The molecule has 2 heterocycles. The Morgan fingerprint density at radius 3 is 2.55 bits per heavy atom. The SMILES string of the molecule is CC1(C2C[C@@H]3CN(C(=O)Nc4ccncc4C(=O)O)C[C@@H]3C2)CC=CC=C1C(F)(F)F. The lowest BCUT2D eigenvalue weighted by Gasteiger charge is -2.40. The van der Waals surface area contributed by atoms with Gasteiger partial charge in [-0.2, -0.15) is 13.2 Å². The van der Waals surface area contributed by atoms with E-state index >= 15 is 0 Å². The number of halogens is 3. The van der Waals surface area contributed by atoms with Gasteiger partial charge >= 0.3 is 18.2 Å². The maximum absolute atomic E-state index is 13.6. The molecule has 9 heteroatoms. The van der Waals surface area contributed by atoms with Gasteiger partial charge in [-0.15, -0.1) is 0 Å². The van der Waals surface area contributed by atoms with Gasteiger partial charge in [-0.3, -0.25) is 4.98 Å². The van der Waals surface area contributed by atoms with Gasteiger partial charge in [0.05, 0.1) is 5.69 Å². The summed E-state index contributed by atoms with van der Waals surface area (Å²) in [6, 6.07) is 1.03. The highest BCUT2D eigenvalue weighted by atomic mass is 19.4. The standard InChI is InChI=1S/C22H24F3N3O3/c1-21(6-3-2-4-18(21)22(23,24)25)15-8-13-11-28(12-14(13)9-15)20(31)27-17-5-7-26-10-16(17)19(29)30/h2-5,7,10,13-15H,6,8-9,11-12H2,1H3,(H,29,30)(H,26,27,31)/t13-,14+,15?,21?. The van der Waals surface area contributed by atoms with Gasteiger partial charge in [-0.1, -0.05) is 25.2 Å². The van der Waals surface area contributed by atoms with Gasteiger partial charge < -0.3 is 15.3 Å². The zero-order chi connectivity index (χ0) is 22.4. The highest BCUT2D eigenvalue weighted by molar-refractivity contribution is 5.99. The Morgan fingerprint density at radius 1 is 1.26 bits per heavy atom. The van der Waals surface area contributed by atoms with E-state index in [1.165, 1.54) is 30.6 Å². The fourth-order valence-corrected chi connectivity index (χ4v) is 5.44. The molecule has 1 saturated carbocycles. The molecule has 0 spiro atoms. The maximum atomic E-state index is 13.6. The van der Waals surface area contributed by atoms with Crippen LogP contribution in [0.25, 0.3) is 0 Å². The van der Waals surface area contributed by atoms with E-state index in [4.69, 9.17) is 0 Å². The number of likely N-dealkylation sites (tertiary alicyclic amines) is 1. The first kappa shape index (κ1) is 21.4. The van der Waals surface area contributed by atoms with Gasteiger partial charge in [0.2, 0.25) is 0 Å². The number of amides is 2. The van der Waals surface area contributed by atoms with Crippen LogP contribution in [0.5, 0.6) is 0 Å². The molecule has 4 atom stereocenters. The average Bonchev–Trinajstić information content (AvgIpc) is 3.27. The molecule has 31 heavy (non-hydrogen) atoms. The van der Waals surface area contributed by atoms with E-state index in [-0.39, 0.29) is 29.0 Å². The Kier molecular flexibility index (Phi) is 5.31. The van der Waals surface area contributed by atoms with E-state index in [9.17, 15) is 27.9 Å². The lowest BCUT2D eigenvalue weighted by atomic mass is 9.66. The summed E-state index contributed by atoms with van der Waals surface area (Å²) in [4.78, 5) is 29.4. The number of hydrogen-bond acceptors (Lipinski definition) is 3. The Balaban J connectivity index is 1.42. The molecule has 0 aromatic carbocycles. The molecule has 6 nitrogen and oxygen atoms in total. The number of carboxylic acids is 1. The van der Waals surface area contributed by atoms with E-state index < -0.39 is 29.2 Å². The van der Waals surface area contributed by atoms with Crippen LogP contribution in [-0.4, -0.2) is 46.3 Å². The van der Waals surface area contributed by atoms with Crippen molar-refractivity contribution in [2.24, 2.45) is 23.2 Å². The monoisotopic (exact) mass is 435 g/mol. The first-order valence-corrected chi connectivity index (χ1v) is 10.3. The third-order valence-corrected chi connectivity index (χ3v) is 7.09. The van der Waals surface area contributed by atoms with Crippen molar-refractivity contribution in [3.8, 4) is 0 Å². The number of fused-ring (bicyclic) bond motifs is 1. The number of carbonyl (C=O) groups is 2. The number of anilines is 1. The van der Waals surface area contributed by atoms with E-state index in [0.29, 0.717) is 32.4 Å². The second kappa shape index (κ2) is 7.69. The lowest BCUT2D eigenvalue weighted by molar-refractivity contribution is -0.111. The molecule has 2 unspecified atom stereocenters. The number of hydrogen-bond donors (Lipinski definition) is 2. The molecule has 166 valence electrons. The molecule has 2 N–H and O–H groups in total. The number of carboxylic acid groups (broad SMARTS) is 1. The van der Waals surface area contributed by atoms with Gasteiger partial charge in [0.25, 0.3) is 0 Å². The Labute approximate surface area is 177 Å². The summed E-state index contributed by atoms with van der Waals surface area (Å²) in [6.45, 7) is 2.62. The van der Waals surface area contributed by atoms with Crippen LogP contribution < -0.4 is 5.32 Å². The summed E-state index contributed by atoms with van der Waals surface area (Å²) in [5.41, 5.74) is -1.33. The number of aromatic carboxylic acids is 1. The van der Waals surface area contributed by atoms with E-state index in [2.05, 4.69) is 10.3 Å². The van der Waals surface area contributed by atoms with Crippen LogP contribution in [-0.2, 0) is 0 Å². The molecule has 1 aromatic heterocycles. The smallest absolute Gasteiger partial charge is 0.413 e. The Morgan fingerprint density at radius 2 is 1.94 bits per heavy atom. The topological polar surface area (TPSA) is 82.5 Å². The summed E-state index contributed by atoms with van der Waals surface area (Å²) in [7, 11) is 0.